The molecular formula is C32H53N2O+. The lowest BCUT2D eigenvalue weighted by Gasteiger charge is -2.31. The highest BCUT2D eigenvalue weighted by Gasteiger charge is 2.40. The zero-order valence-electron chi connectivity index (χ0n) is 22.7. The predicted octanol–water partition coefficient (Wildman–Crippen LogP) is 8.74. The number of aliphatic hydroxyl groups is 1. The van der Waals surface area contributed by atoms with Crippen molar-refractivity contribution in [3.05, 3.63) is 60.8 Å². The van der Waals surface area contributed by atoms with Crippen LogP contribution < -0.4 is 0 Å². The van der Waals surface area contributed by atoms with E-state index < -0.39 is 0 Å². The van der Waals surface area contributed by atoms with Crippen molar-refractivity contribution >= 4 is 5.84 Å². The number of quaternary nitrogens is 1. The summed E-state index contributed by atoms with van der Waals surface area (Å²) in [6, 6.07) is 11.0. The quantitative estimate of drug-likeness (QED) is 0.106. The van der Waals surface area contributed by atoms with Gasteiger partial charge in [0, 0.05) is 5.56 Å². The number of nitrogens with zero attached hydrogens (tertiary/aromatic N) is 2. The number of aliphatic imine (C=N–C) groups is 1. The van der Waals surface area contributed by atoms with Crippen molar-refractivity contribution in [1.29, 1.82) is 0 Å². The third-order valence-corrected chi connectivity index (χ3v) is 7.42. The molecule has 0 saturated heterocycles. The lowest BCUT2D eigenvalue weighted by atomic mass is 10.0. The maximum absolute atomic E-state index is 9.60. The summed E-state index contributed by atoms with van der Waals surface area (Å²) < 4.78 is 0.696. The standard InChI is InChI=1S/C32H53N2O/c1-3-5-6-7-8-9-10-11-12-13-14-15-16-17-18-22-25-31-29-34(4-2,32(33-31)26-27-35)28-30-23-20-19-21-24-30/h4,11-12,19-21,23-24,31,35H,2-3,5-10,13-18,22,25-29H2,1H3/q+1. The lowest BCUT2D eigenvalue weighted by molar-refractivity contribution is -0.799. The molecule has 0 radical (unpaired) electrons. The zero-order valence-corrected chi connectivity index (χ0v) is 22.7. The van der Waals surface area contributed by atoms with E-state index in [1.54, 1.807) is 0 Å². The van der Waals surface area contributed by atoms with Gasteiger partial charge < -0.3 is 5.11 Å². The van der Waals surface area contributed by atoms with Crippen LogP contribution in [0.3, 0.4) is 0 Å². The van der Waals surface area contributed by atoms with Gasteiger partial charge in [0.05, 0.1) is 19.2 Å². The molecule has 0 bridgehead atoms. The summed E-state index contributed by atoms with van der Waals surface area (Å²) in [4.78, 5) is 5.06. The Balaban J connectivity index is 1.55. The molecule has 3 heteroatoms. The van der Waals surface area contributed by atoms with Gasteiger partial charge >= 0.3 is 0 Å². The molecule has 1 aliphatic heterocycles. The SMILES string of the molecule is C=C[N+]1(Cc2ccccc2)CC(CCCCCCCCC=CCCCCCCCC)N=C1CCO. The molecule has 2 unspecified atom stereocenters. The first-order valence-electron chi connectivity index (χ1n) is 14.6. The number of rotatable bonds is 21. The van der Waals surface area contributed by atoms with Gasteiger partial charge in [-0.25, -0.2) is 9.48 Å². The Bertz CT molecular complexity index is 726. The van der Waals surface area contributed by atoms with Crippen LogP contribution in [0.4, 0.5) is 0 Å². The summed E-state index contributed by atoms with van der Waals surface area (Å²) in [6.07, 6.45) is 27.5. The van der Waals surface area contributed by atoms with Crippen molar-refractivity contribution in [2.75, 3.05) is 13.2 Å². The van der Waals surface area contributed by atoms with Crippen LogP contribution >= 0.6 is 0 Å². The van der Waals surface area contributed by atoms with E-state index in [-0.39, 0.29) is 6.61 Å². The molecule has 2 atom stereocenters. The first kappa shape index (κ1) is 29.5. The predicted molar refractivity (Wildman–Crippen MR) is 152 cm³/mol. The molecule has 1 N–H and O–H groups in total. The van der Waals surface area contributed by atoms with E-state index in [2.05, 4.69) is 56.0 Å². The Kier molecular flexibility index (Phi) is 15.6. The topological polar surface area (TPSA) is 32.6 Å². The molecule has 3 nitrogen and oxygen atoms in total. The van der Waals surface area contributed by atoms with Crippen LogP contribution in [0.25, 0.3) is 0 Å². The molecule has 0 aliphatic carbocycles. The molecule has 0 saturated carbocycles. The molecule has 0 aromatic heterocycles. The molecule has 0 spiro atoms. The molecule has 1 aromatic rings. The van der Waals surface area contributed by atoms with Crippen LogP contribution in [0.1, 0.15) is 115 Å². The van der Waals surface area contributed by atoms with Gasteiger partial charge in [-0.15, -0.1) is 0 Å². The molecule has 2 rings (SSSR count). The van der Waals surface area contributed by atoms with Crippen LogP contribution in [0.5, 0.6) is 0 Å². The van der Waals surface area contributed by atoms with Gasteiger partial charge in [0.1, 0.15) is 19.1 Å². The van der Waals surface area contributed by atoms with E-state index in [1.165, 1.54) is 95.5 Å². The third kappa shape index (κ3) is 11.7. The fourth-order valence-electron chi connectivity index (χ4n) is 5.33. The van der Waals surface area contributed by atoms with Crippen LogP contribution in [0, 0.1) is 0 Å². The van der Waals surface area contributed by atoms with E-state index in [0.717, 1.165) is 25.3 Å². The summed E-state index contributed by atoms with van der Waals surface area (Å²) in [5.41, 5.74) is 1.30. The van der Waals surface area contributed by atoms with Gasteiger partial charge in [0.25, 0.3) is 0 Å². The van der Waals surface area contributed by atoms with Crippen LogP contribution in [-0.4, -0.2) is 34.6 Å². The summed E-state index contributed by atoms with van der Waals surface area (Å²) in [6.45, 7) is 8.47. The van der Waals surface area contributed by atoms with Gasteiger partial charge in [0.2, 0.25) is 5.84 Å². The van der Waals surface area contributed by atoms with Crippen LogP contribution in [-0.2, 0) is 6.54 Å². The molecule has 1 aliphatic rings. The Morgan fingerprint density at radius 3 is 2.09 bits per heavy atom. The minimum Gasteiger partial charge on any atom is -0.396 e. The minimum atomic E-state index is 0.155. The van der Waals surface area contributed by atoms with Gasteiger partial charge in [0.15, 0.2) is 0 Å². The third-order valence-electron chi connectivity index (χ3n) is 7.42. The second-order valence-corrected chi connectivity index (χ2v) is 10.4. The highest BCUT2D eigenvalue weighted by atomic mass is 16.3. The smallest absolute Gasteiger partial charge is 0.205 e. The average Bonchev–Trinajstić information content (AvgIpc) is 3.21. The lowest BCUT2D eigenvalue weighted by Crippen LogP contribution is -2.46. The first-order chi connectivity index (χ1) is 17.2. The highest BCUT2D eigenvalue weighted by Crippen LogP contribution is 2.28. The van der Waals surface area contributed by atoms with Crippen molar-refractivity contribution < 1.29 is 9.59 Å². The van der Waals surface area contributed by atoms with Gasteiger partial charge in [-0.3, -0.25) is 0 Å². The Hall–Kier alpha value is -1.71. The molecule has 1 heterocycles. The Morgan fingerprint density at radius 1 is 0.886 bits per heavy atom. The van der Waals surface area contributed by atoms with Crippen LogP contribution in [0.2, 0.25) is 0 Å². The Labute approximate surface area is 216 Å². The Morgan fingerprint density at radius 2 is 1.49 bits per heavy atom. The van der Waals surface area contributed by atoms with Gasteiger partial charge in [-0.05, 0) is 38.7 Å². The molecule has 196 valence electrons. The maximum Gasteiger partial charge on any atom is 0.205 e. The van der Waals surface area contributed by atoms with Gasteiger partial charge in [-0.1, -0.05) is 114 Å². The van der Waals surface area contributed by atoms with Crippen molar-refractivity contribution in [2.45, 2.75) is 122 Å². The second-order valence-electron chi connectivity index (χ2n) is 10.4. The fourth-order valence-corrected chi connectivity index (χ4v) is 5.33. The fraction of sp³-hybridized carbons (Fsp3) is 0.656. The highest BCUT2D eigenvalue weighted by molar-refractivity contribution is 5.78. The molecule has 0 amide bonds. The number of unbranched alkanes of at least 4 members (excludes halogenated alkanes) is 12. The number of allylic oxidation sites excluding steroid dienone is 2. The first-order valence-corrected chi connectivity index (χ1v) is 14.6. The number of amidine groups is 1. The molecule has 1 aromatic carbocycles. The minimum absolute atomic E-state index is 0.155. The van der Waals surface area contributed by atoms with E-state index in [0.29, 0.717) is 16.9 Å². The maximum atomic E-state index is 9.60. The molecule has 35 heavy (non-hydrogen) atoms. The van der Waals surface area contributed by atoms with Crippen molar-refractivity contribution in [3.63, 3.8) is 0 Å². The average molecular weight is 482 g/mol. The molecular weight excluding hydrogens is 428 g/mol. The number of aliphatic hydroxyl groups excluding tert-OH is 1. The number of hydrogen-bond donors (Lipinski definition) is 1. The van der Waals surface area contributed by atoms with E-state index in [4.69, 9.17) is 4.99 Å². The van der Waals surface area contributed by atoms with Gasteiger partial charge in [-0.2, -0.15) is 0 Å². The van der Waals surface area contributed by atoms with Crippen LogP contribution in [0.15, 0.2) is 60.3 Å². The summed E-state index contributed by atoms with van der Waals surface area (Å²) in [5.74, 6) is 1.10. The second kappa shape index (κ2) is 18.5. The van der Waals surface area contributed by atoms with E-state index in [1.807, 2.05) is 6.20 Å². The number of hydrogen-bond acceptors (Lipinski definition) is 2. The van der Waals surface area contributed by atoms with E-state index >= 15 is 0 Å². The zero-order chi connectivity index (χ0) is 25.0. The normalized spacial score (nSPS) is 19.9. The van der Waals surface area contributed by atoms with Crippen molar-refractivity contribution in [3.8, 4) is 0 Å². The van der Waals surface area contributed by atoms with E-state index in [9.17, 15) is 5.11 Å². The van der Waals surface area contributed by atoms with Crippen molar-refractivity contribution in [1.82, 2.24) is 0 Å². The molecule has 0 fully saturated rings. The monoisotopic (exact) mass is 481 g/mol. The summed E-state index contributed by atoms with van der Waals surface area (Å²) in [5, 5.41) is 9.60. The number of benzene rings is 1. The largest absolute Gasteiger partial charge is 0.396 e. The summed E-state index contributed by atoms with van der Waals surface area (Å²) in [7, 11) is 0. The summed E-state index contributed by atoms with van der Waals surface area (Å²) >= 11 is 0. The van der Waals surface area contributed by atoms with Crippen molar-refractivity contribution in [2.24, 2.45) is 4.99 Å².